The lowest BCUT2D eigenvalue weighted by Gasteiger charge is -2.12. The van der Waals surface area contributed by atoms with Crippen LogP contribution in [-0.4, -0.2) is 33.6 Å². The number of aliphatic hydroxyl groups excluding tert-OH is 1. The van der Waals surface area contributed by atoms with Crippen LogP contribution in [0.15, 0.2) is 24.3 Å². The summed E-state index contributed by atoms with van der Waals surface area (Å²) in [5.74, 6) is 1.17. The van der Waals surface area contributed by atoms with Gasteiger partial charge in [-0.25, -0.2) is 0 Å². The number of hydrogen-bond donors (Lipinski definition) is 1. The minimum Gasteiger partial charge on any atom is -0.396 e. The Balaban J connectivity index is 1.90. The van der Waals surface area contributed by atoms with Gasteiger partial charge in [-0.1, -0.05) is 6.07 Å². The lowest BCUT2D eigenvalue weighted by Crippen LogP contribution is -2.06. The zero-order valence-electron chi connectivity index (χ0n) is 13.8. The third kappa shape index (κ3) is 3.24. The van der Waals surface area contributed by atoms with Crippen LogP contribution in [0, 0.1) is 13.8 Å². The summed E-state index contributed by atoms with van der Waals surface area (Å²) < 4.78 is 2.18. The fourth-order valence-electron chi connectivity index (χ4n) is 3.45. The highest BCUT2D eigenvalue weighted by Gasteiger charge is 2.18. The van der Waals surface area contributed by atoms with Crippen LogP contribution in [0.1, 0.15) is 39.3 Å². The fourth-order valence-corrected chi connectivity index (χ4v) is 4.06. The molecule has 0 saturated carbocycles. The number of nitrogens with zero attached hydrogens (tertiary/aromatic N) is 1. The zero-order valence-corrected chi connectivity index (χ0v) is 14.6. The van der Waals surface area contributed by atoms with Gasteiger partial charge in [0.1, 0.15) is 0 Å². The van der Waals surface area contributed by atoms with Gasteiger partial charge in [0.15, 0.2) is 5.78 Å². The van der Waals surface area contributed by atoms with Crippen LogP contribution in [0.5, 0.6) is 0 Å². The molecule has 0 radical (unpaired) electrons. The molecule has 3 rings (SSSR count). The van der Waals surface area contributed by atoms with Crippen molar-refractivity contribution in [1.29, 1.82) is 0 Å². The molecule has 3 nitrogen and oxygen atoms in total. The van der Waals surface area contributed by atoms with Crippen molar-refractivity contribution in [3.8, 4) is 5.69 Å². The van der Waals surface area contributed by atoms with Crippen molar-refractivity contribution in [3.05, 3.63) is 52.3 Å². The van der Waals surface area contributed by atoms with Gasteiger partial charge in [0.2, 0.25) is 0 Å². The smallest absolute Gasteiger partial charge is 0.174 e. The van der Waals surface area contributed by atoms with E-state index < -0.39 is 0 Å². The Labute approximate surface area is 141 Å². The molecule has 0 fully saturated rings. The van der Waals surface area contributed by atoms with Crippen LogP contribution in [-0.2, 0) is 12.8 Å². The minimum atomic E-state index is 0.117. The molecule has 1 aromatic carbocycles. The van der Waals surface area contributed by atoms with E-state index in [-0.39, 0.29) is 12.4 Å². The molecule has 0 saturated heterocycles. The predicted molar refractivity (Wildman–Crippen MR) is 96.0 cm³/mol. The number of ketones is 1. The lowest BCUT2D eigenvalue weighted by atomic mass is 10.1. The van der Waals surface area contributed by atoms with E-state index in [1.807, 2.05) is 13.0 Å². The van der Waals surface area contributed by atoms with E-state index in [1.54, 1.807) is 0 Å². The second-order valence-electron chi connectivity index (χ2n) is 6.13. The summed E-state index contributed by atoms with van der Waals surface area (Å²) in [6.07, 6.45) is 3.59. The van der Waals surface area contributed by atoms with E-state index in [0.717, 1.165) is 29.1 Å². The van der Waals surface area contributed by atoms with Crippen LogP contribution in [0.3, 0.4) is 0 Å². The van der Waals surface area contributed by atoms with E-state index in [1.165, 1.54) is 35.7 Å². The summed E-state index contributed by atoms with van der Waals surface area (Å²) in [5, 5.41) is 8.84. The average Bonchev–Trinajstić information content (AvgIpc) is 3.11. The van der Waals surface area contributed by atoms with Gasteiger partial charge in [0, 0.05) is 28.4 Å². The largest absolute Gasteiger partial charge is 0.396 e. The normalized spacial score (nSPS) is 13.3. The van der Waals surface area contributed by atoms with Gasteiger partial charge in [-0.2, -0.15) is 11.8 Å². The van der Waals surface area contributed by atoms with E-state index in [4.69, 9.17) is 5.11 Å². The first kappa shape index (κ1) is 16.3. The number of carbonyl (C=O) groups excluding carboxylic acids is 1. The first-order chi connectivity index (χ1) is 11.1. The van der Waals surface area contributed by atoms with Crippen LogP contribution < -0.4 is 0 Å². The average molecular weight is 329 g/mol. The molecule has 0 amide bonds. The van der Waals surface area contributed by atoms with E-state index in [0.29, 0.717) is 11.5 Å². The SMILES string of the molecule is Cc1cc(C(=O)CSCCO)c(C)n1-c1ccc2c(c1)CCC2. The minimum absolute atomic E-state index is 0.117. The number of aryl methyl sites for hydroxylation is 3. The molecular weight excluding hydrogens is 306 g/mol. The molecule has 0 spiro atoms. The number of fused-ring (bicyclic) bond motifs is 1. The van der Waals surface area contributed by atoms with Crippen molar-refractivity contribution in [2.45, 2.75) is 33.1 Å². The van der Waals surface area contributed by atoms with Gasteiger partial charge >= 0.3 is 0 Å². The van der Waals surface area contributed by atoms with Crippen molar-refractivity contribution in [2.24, 2.45) is 0 Å². The topological polar surface area (TPSA) is 42.2 Å². The maximum absolute atomic E-state index is 12.4. The predicted octanol–water partition coefficient (Wildman–Crippen LogP) is 3.49. The maximum Gasteiger partial charge on any atom is 0.174 e. The van der Waals surface area contributed by atoms with Crippen LogP contribution in [0.4, 0.5) is 0 Å². The summed E-state index contributed by atoms with van der Waals surface area (Å²) >= 11 is 1.48. The Morgan fingerprint density at radius 3 is 2.78 bits per heavy atom. The Kier molecular flexibility index (Phi) is 4.93. The first-order valence-electron chi connectivity index (χ1n) is 8.14. The summed E-state index contributed by atoms with van der Waals surface area (Å²) in [5.41, 5.74) is 6.97. The standard InChI is InChI=1S/C19H23NO2S/c1-13-10-18(19(22)12-23-9-8-21)14(2)20(13)17-7-6-15-4-3-5-16(15)11-17/h6-7,10-11,21H,3-5,8-9,12H2,1-2H3. The van der Waals surface area contributed by atoms with Crippen molar-refractivity contribution in [1.82, 2.24) is 4.57 Å². The van der Waals surface area contributed by atoms with Crippen LogP contribution >= 0.6 is 11.8 Å². The molecule has 1 heterocycles. The van der Waals surface area contributed by atoms with Crippen molar-refractivity contribution < 1.29 is 9.90 Å². The molecule has 1 aliphatic carbocycles. The number of aliphatic hydroxyl groups is 1. The molecule has 1 aromatic heterocycles. The molecule has 122 valence electrons. The van der Waals surface area contributed by atoms with Crippen molar-refractivity contribution >= 4 is 17.5 Å². The number of benzene rings is 1. The lowest BCUT2D eigenvalue weighted by molar-refractivity contribution is 0.102. The van der Waals surface area contributed by atoms with Crippen LogP contribution in [0.2, 0.25) is 0 Å². The molecule has 1 aliphatic rings. The number of hydrogen-bond acceptors (Lipinski definition) is 3. The second kappa shape index (κ2) is 6.93. The number of rotatable bonds is 6. The summed E-state index contributed by atoms with van der Waals surface area (Å²) in [4.78, 5) is 12.4. The Morgan fingerprint density at radius 1 is 1.22 bits per heavy atom. The van der Waals surface area contributed by atoms with E-state index in [9.17, 15) is 4.79 Å². The van der Waals surface area contributed by atoms with Crippen LogP contribution in [0.25, 0.3) is 5.69 Å². The van der Waals surface area contributed by atoms with Crippen molar-refractivity contribution in [2.75, 3.05) is 18.1 Å². The van der Waals surface area contributed by atoms with Gasteiger partial charge in [-0.05, 0) is 62.4 Å². The highest BCUT2D eigenvalue weighted by atomic mass is 32.2. The van der Waals surface area contributed by atoms with Gasteiger partial charge in [-0.3, -0.25) is 4.79 Å². The molecular formula is C19H23NO2S. The van der Waals surface area contributed by atoms with E-state index >= 15 is 0 Å². The van der Waals surface area contributed by atoms with Gasteiger partial charge in [-0.15, -0.1) is 0 Å². The van der Waals surface area contributed by atoms with Gasteiger partial charge < -0.3 is 9.67 Å². The van der Waals surface area contributed by atoms with Gasteiger partial charge in [0.05, 0.1) is 12.4 Å². The molecule has 1 N–H and O–H groups in total. The fraction of sp³-hybridized carbons (Fsp3) is 0.421. The molecule has 0 aliphatic heterocycles. The molecule has 2 aromatic rings. The molecule has 0 unspecified atom stereocenters. The number of aromatic nitrogens is 1. The summed E-state index contributed by atoms with van der Waals surface area (Å²) in [6, 6.07) is 8.66. The molecule has 0 bridgehead atoms. The second-order valence-corrected chi connectivity index (χ2v) is 7.23. The zero-order chi connectivity index (χ0) is 16.4. The monoisotopic (exact) mass is 329 g/mol. The number of carbonyl (C=O) groups is 1. The molecule has 0 atom stereocenters. The summed E-state index contributed by atoms with van der Waals surface area (Å²) in [7, 11) is 0. The number of Topliss-reactive ketones (excluding diaryl/α,β-unsaturated/α-hetero) is 1. The van der Waals surface area contributed by atoms with E-state index in [2.05, 4.69) is 29.7 Å². The Morgan fingerprint density at radius 2 is 2.00 bits per heavy atom. The maximum atomic E-state index is 12.4. The first-order valence-corrected chi connectivity index (χ1v) is 9.30. The van der Waals surface area contributed by atoms with Crippen molar-refractivity contribution in [3.63, 3.8) is 0 Å². The highest BCUT2D eigenvalue weighted by molar-refractivity contribution is 8.00. The highest BCUT2D eigenvalue weighted by Crippen LogP contribution is 2.27. The third-order valence-corrected chi connectivity index (χ3v) is 5.48. The molecule has 23 heavy (non-hydrogen) atoms. The molecule has 4 heteroatoms. The quantitative estimate of drug-likeness (QED) is 0.651. The Bertz CT molecular complexity index is 733. The number of thioether (sulfide) groups is 1. The third-order valence-electron chi connectivity index (χ3n) is 4.54. The Hall–Kier alpha value is -1.52. The summed E-state index contributed by atoms with van der Waals surface area (Å²) in [6.45, 7) is 4.19. The van der Waals surface area contributed by atoms with Gasteiger partial charge in [0.25, 0.3) is 0 Å².